The van der Waals surface area contributed by atoms with Gasteiger partial charge in [-0.05, 0) is 12.1 Å². The van der Waals surface area contributed by atoms with Crippen molar-refractivity contribution in [1.29, 1.82) is 0 Å². The minimum Gasteiger partial charge on any atom is -0.461 e. The first-order valence-electron chi connectivity index (χ1n) is 5.89. The number of aliphatic imine (C=N–C) groups is 1. The number of hydrogen-bond acceptors (Lipinski definition) is 4. The van der Waals surface area contributed by atoms with Crippen molar-refractivity contribution >= 4 is 5.96 Å². The molecule has 0 saturated carbocycles. The Hall–Kier alpha value is -2.57. The Morgan fingerprint density at radius 2 is 2.53 bits per heavy atom. The molecule has 2 aromatic heterocycles. The number of guanidine groups is 1. The van der Waals surface area contributed by atoms with Gasteiger partial charge in [0, 0.05) is 19.5 Å². The number of nitrogens with two attached hydrogens (primary N) is 1. The first kappa shape index (κ1) is 12.9. The third kappa shape index (κ3) is 3.70. The van der Waals surface area contributed by atoms with Crippen LogP contribution in [-0.4, -0.2) is 34.2 Å². The second kappa shape index (κ2) is 6.39. The number of nitrogens with one attached hydrogen (secondary N) is 2. The maximum Gasteiger partial charge on any atom is 0.216 e. The maximum atomic E-state index is 5.64. The number of H-pyrrole nitrogens is 1. The SMILES string of the molecule is C=CCNC(N)=NCCc1nc(-c2ccco2)n[nH]1. The number of hydrogen-bond donors (Lipinski definition) is 3. The fourth-order valence-corrected chi connectivity index (χ4v) is 1.44. The van der Waals surface area contributed by atoms with Crippen LogP contribution in [0.1, 0.15) is 5.82 Å². The smallest absolute Gasteiger partial charge is 0.216 e. The van der Waals surface area contributed by atoms with Gasteiger partial charge in [0.1, 0.15) is 5.82 Å². The van der Waals surface area contributed by atoms with E-state index in [1.165, 1.54) is 0 Å². The zero-order valence-electron chi connectivity index (χ0n) is 10.5. The van der Waals surface area contributed by atoms with Crippen LogP contribution in [-0.2, 0) is 6.42 Å². The largest absolute Gasteiger partial charge is 0.461 e. The maximum absolute atomic E-state index is 5.64. The lowest BCUT2D eigenvalue weighted by Gasteiger charge is -2.00. The summed E-state index contributed by atoms with van der Waals surface area (Å²) in [5, 5.41) is 9.81. The molecule has 19 heavy (non-hydrogen) atoms. The lowest BCUT2D eigenvalue weighted by Crippen LogP contribution is -2.31. The Morgan fingerprint density at radius 3 is 3.26 bits per heavy atom. The van der Waals surface area contributed by atoms with E-state index in [2.05, 4.69) is 32.1 Å². The van der Waals surface area contributed by atoms with Gasteiger partial charge < -0.3 is 15.5 Å². The summed E-state index contributed by atoms with van der Waals surface area (Å²) in [4.78, 5) is 8.46. The Kier molecular flexibility index (Phi) is 4.33. The monoisotopic (exact) mass is 260 g/mol. The van der Waals surface area contributed by atoms with Crippen LogP contribution in [0.2, 0.25) is 0 Å². The summed E-state index contributed by atoms with van der Waals surface area (Å²) in [7, 11) is 0. The molecule has 0 aromatic carbocycles. The number of aromatic amines is 1. The minimum atomic E-state index is 0.394. The molecule has 0 amide bonds. The second-order valence-electron chi connectivity index (χ2n) is 3.77. The van der Waals surface area contributed by atoms with Crippen LogP contribution >= 0.6 is 0 Å². The molecule has 2 rings (SSSR count). The van der Waals surface area contributed by atoms with Crippen LogP contribution in [0.5, 0.6) is 0 Å². The third-order valence-electron chi connectivity index (χ3n) is 2.33. The molecular formula is C12H16N6O. The fraction of sp³-hybridized carbons (Fsp3) is 0.250. The summed E-state index contributed by atoms with van der Waals surface area (Å²) < 4.78 is 5.21. The Labute approximate surface area is 110 Å². The summed E-state index contributed by atoms with van der Waals surface area (Å²) >= 11 is 0. The normalized spacial score (nSPS) is 11.5. The van der Waals surface area contributed by atoms with E-state index in [9.17, 15) is 0 Å². The van der Waals surface area contributed by atoms with Gasteiger partial charge in [-0.2, -0.15) is 5.10 Å². The van der Waals surface area contributed by atoms with Crippen molar-refractivity contribution in [3.8, 4) is 11.6 Å². The Morgan fingerprint density at radius 1 is 1.63 bits per heavy atom. The van der Waals surface area contributed by atoms with Gasteiger partial charge in [-0.3, -0.25) is 10.1 Å². The van der Waals surface area contributed by atoms with Crippen LogP contribution in [0.25, 0.3) is 11.6 Å². The van der Waals surface area contributed by atoms with Gasteiger partial charge in [-0.25, -0.2) is 4.98 Å². The Balaban J connectivity index is 1.85. The predicted molar refractivity (Wildman–Crippen MR) is 72.5 cm³/mol. The van der Waals surface area contributed by atoms with Crippen molar-refractivity contribution in [3.63, 3.8) is 0 Å². The van der Waals surface area contributed by atoms with Crippen molar-refractivity contribution in [2.45, 2.75) is 6.42 Å². The molecule has 0 atom stereocenters. The summed E-state index contributed by atoms with van der Waals surface area (Å²) in [5.74, 6) is 2.32. The molecular weight excluding hydrogens is 244 g/mol. The average molecular weight is 260 g/mol. The first-order chi connectivity index (χ1) is 9.29. The lowest BCUT2D eigenvalue weighted by atomic mass is 10.4. The van der Waals surface area contributed by atoms with Crippen LogP contribution < -0.4 is 11.1 Å². The van der Waals surface area contributed by atoms with E-state index in [0.717, 1.165) is 5.82 Å². The molecule has 0 saturated heterocycles. The van der Waals surface area contributed by atoms with Gasteiger partial charge in [0.25, 0.3) is 0 Å². The molecule has 0 aliphatic heterocycles. The first-order valence-corrected chi connectivity index (χ1v) is 5.89. The van der Waals surface area contributed by atoms with Crippen molar-refractivity contribution in [1.82, 2.24) is 20.5 Å². The molecule has 2 aromatic rings. The minimum absolute atomic E-state index is 0.394. The molecule has 0 fully saturated rings. The molecule has 0 aliphatic rings. The molecule has 7 nitrogen and oxygen atoms in total. The topological polar surface area (TPSA) is 105 Å². The average Bonchev–Trinajstić information content (AvgIpc) is 3.06. The summed E-state index contributed by atoms with van der Waals surface area (Å²) in [6, 6.07) is 3.60. The van der Waals surface area contributed by atoms with Crippen LogP contribution in [0, 0.1) is 0 Å². The second-order valence-corrected chi connectivity index (χ2v) is 3.77. The van der Waals surface area contributed by atoms with Crippen molar-refractivity contribution in [2.75, 3.05) is 13.1 Å². The van der Waals surface area contributed by atoms with Gasteiger partial charge in [0.2, 0.25) is 5.82 Å². The summed E-state index contributed by atoms with van der Waals surface area (Å²) in [5.41, 5.74) is 5.64. The number of nitrogens with zero attached hydrogens (tertiary/aromatic N) is 3. The standard InChI is InChI=1S/C12H16N6O/c1-2-6-14-12(13)15-7-5-10-16-11(18-17-10)9-4-3-8-19-9/h2-4,8H,1,5-7H2,(H3,13,14,15)(H,16,17,18). The molecule has 0 radical (unpaired) electrons. The van der Waals surface area contributed by atoms with Crippen LogP contribution in [0.15, 0.2) is 40.5 Å². The van der Waals surface area contributed by atoms with E-state index in [-0.39, 0.29) is 0 Å². The van der Waals surface area contributed by atoms with Crippen molar-refractivity contribution in [3.05, 3.63) is 36.9 Å². The molecule has 100 valence electrons. The molecule has 0 aliphatic carbocycles. The zero-order valence-corrected chi connectivity index (χ0v) is 10.5. The highest BCUT2D eigenvalue weighted by molar-refractivity contribution is 5.77. The Bertz CT molecular complexity index is 542. The highest BCUT2D eigenvalue weighted by Crippen LogP contribution is 2.14. The number of rotatable bonds is 6. The van der Waals surface area contributed by atoms with Gasteiger partial charge in [0.05, 0.1) is 6.26 Å². The molecule has 0 bridgehead atoms. The quantitative estimate of drug-likeness (QED) is 0.403. The van der Waals surface area contributed by atoms with Gasteiger partial charge in [-0.1, -0.05) is 6.08 Å². The molecule has 2 heterocycles. The molecule has 0 spiro atoms. The predicted octanol–water partition coefficient (Wildman–Crippen LogP) is 0.697. The van der Waals surface area contributed by atoms with Crippen molar-refractivity contribution < 1.29 is 4.42 Å². The van der Waals surface area contributed by atoms with E-state index >= 15 is 0 Å². The highest BCUT2D eigenvalue weighted by Gasteiger charge is 2.07. The highest BCUT2D eigenvalue weighted by atomic mass is 16.3. The van der Waals surface area contributed by atoms with E-state index in [1.54, 1.807) is 18.4 Å². The van der Waals surface area contributed by atoms with E-state index in [4.69, 9.17) is 10.2 Å². The molecule has 0 unspecified atom stereocenters. The van der Waals surface area contributed by atoms with Gasteiger partial charge in [0.15, 0.2) is 11.7 Å². The number of furan rings is 1. The summed E-state index contributed by atoms with van der Waals surface area (Å²) in [6.45, 7) is 4.71. The van der Waals surface area contributed by atoms with E-state index < -0.39 is 0 Å². The zero-order chi connectivity index (χ0) is 13.5. The molecule has 7 heteroatoms. The third-order valence-corrected chi connectivity index (χ3v) is 2.33. The lowest BCUT2D eigenvalue weighted by molar-refractivity contribution is 0.577. The van der Waals surface area contributed by atoms with Crippen molar-refractivity contribution in [2.24, 2.45) is 10.7 Å². The number of aromatic nitrogens is 3. The molecule has 4 N–H and O–H groups in total. The van der Waals surface area contributed by atoms with Gasteiger partial charge >= 0.3 is 0 Å². The fourth-order valence-electron chi connectivity index (χ4n) is 1.44. The van der Waals surface area contributed by atoms with Crippen LogP contribution in [0.3, 0.4) is 0 Å². The van der Waals surface area contributed by atoms with E-state index in [1.807, 2.05) is 6.07 Å². The van der Waals surface area contributed by atoms with E-state index in [0.29, 0.717) is 37.1 Å². The van der Waals surface area contributed by atoms with Crippen LogP contribution in [0.4, 0.5) is 0 Å². The van der Waals surface area contributed by atoms with Gasteiger partial charge in [-0.15, -0.1) is 6.58 Å². The summed E-state index contributed by atoms with van der Waals surface area (Å²) in [6.07, 6.45) is 3.93.